The molecule has 106 valence electrons. The normalized spacial score (nSPS) is 18.3. The molecule has 1 unspecified atom stereocenters. The molecular formula is C14H15NO5. The van der Waals surface area contributed by atoms with Crippen LogP contribution < -0.4 is 0 Å². The fraction of sp³-hybridized carbons (Fsp3) is 0.357. The summed E-state index contributed by atoms with van der Waals surface area (Å²) in [4.78, 5) is 21.6. The SMILES string of the molecule is O=C(C=Cc1cccc([N+](=O)[O-])c1)OCC1CCCO1. The third-order valence-corrected chi connectivity index (χ3v) is 2.93. The number of carbonyl (C=O) groups is 1. The molecule has 0 aliphatic carbocycles. The lowest BCUT2D eigenvalue weighted by Gasteiger charge is -2.08. The molecule has 1 atom stereocenters. The van der Waals surface area contributed by atoms with Gasteiger partial charge in [0.25, 0.3) is 5.69 Å². The Bertz CT molecular complexity index is 520. The number of esters is 1. The monoisotopic (exact) mass is 277 g/mol. The minimum absolute atomic E-state index is 0.00911. The number of nitrogens with zero attached hydrogens (tertiary/aromatic N) is 1. The van der Waals surface area contributed by atoms with Crippen LogP contribution in [0, 0.1) is 10.1 Å². The van der Waals surface area contributed by atoms with E-state index in [-0.39, 0.29) is 18.4 Å². The van der Waals surface area contributed by atoms with E-state index in [2.05, 4.69) is 0 Å². The van der Waals surface area contributed by atoms with Crippen LogP contribution in [0.5, 0.6) is 0 Å². The van der Waals surface area contributed by atoms with Gasteiger partial charge in [-0.1, -0.05) is 12.1 Å². The third kappa shape index (κ3) is 4.17. The summed E-state index contributed by atoms with van der Waals surface area (Å²) in [6, 6.07) is 6.03. The number of rotatable bonds is 5. The number of benzene rings is 1. The fourth-order valence-corrected chi connectivity index (χ4v) is 1.91. The highest BCUT2D eigenvalue weighted by molar-refractivity contribution is 5.87. The average molecular weight is 277 g/mol. The lowest BCUT2D eigenvalue weighted by atomic mass is 10.2. The number of non-ortho nitro benzene ring substituents is 1. The van der Waals surface area contributed by atoms with Crippen LogP contribution in [-0.4, -0.2) is 30.2 Å². The molecule has 1 heterocycles. The van der Waals surface area contributed by atoms with Crippen LogP contribution >= 0.6 is 0 Å². The molecule has 2 rings (SSSR count). The number of ether oxygens (including phenoxy) is 2. The second kappa shape index (κ2) is 6.81. The second-order valence-electron chi connectivity index (χ2n) is 4.45. The van der Waals surface area contributed by atoms with Gasteiger partial charge in [0, 0.05) is 24.8 Å². The first kappa shape index (κ1) is 14.2. The van der Waals surface area contributed by atoms with Crippen LogP contribution in [-0.2, 0) is 14.3 Å². The van der Waals surface area contributed by atoms with Gasteiger partial charge in [-0.2, -0.15) is 0 Å². The molecule has 1 saturated heterocycles. The summed E-state index contributed by atoms with van der Waals surface area (Å²) in [5, 5.41) is 10.6. The van der Waals surface area contributed by atoms with Crippen LogP contribution in [0.1, 0.15) is 18.4 Å². The van der Waals surface area contributed by atoms with Crippen molar-refractivity contribution in [3.8, 4) is 0 Å². The Morgan fingerprint density at radius 2 is 2.40 bits per heavy atom. The minimum Gasteiger partial charge on any atom is -0.460 e. The number of nitro groups is 1. The Hall–Kier alpha value is -2.21. The van der Waals surface area contributed by atoms with Crippen LogP contribution in [0.3, 0.4) is 0 Å². The zero-order valence-corrected chi connectivity index (χ0v) is 10.9. The maximum atomic E-state index is 11.5. The number of nitro benzene ring substituents is 1. The van der Waals surface area contributed by atoms with Crippen molar-refractivity contribution < 1.29 is 19.2 Å². The van der Waals surface area contributed by atoms with Gasteiger partial charge in [-0.15, -0.1) is 0 Å². The van der Waals surface area contributed by atoms with Crippen molar-refractivity contribution in [3.63, 3.8) is 0 Å². The first-order valence-electron chi connectivity index (χ1n) is 6.36. The van der Waals surface area contributed by atoms with Gasteiger partial charge in [0.1, 0.15) is 6.61 Å². The second-order valence-corrected chi connectivity index (χ2v) is 4.45. The summed E-state index contributed by atoms with van der Waals surface area (Å²) >= 11 is 0. The van der Waals surface area contributed by atoms with Gasteiger partial charge in [-0.05, 0) is 24.5 Å². The van der Waals surface area contributed by atoms with Crippen molar-refractivity contribution in [3.05, 3.63) is 46.0 Å². The smallest absolute Gasteiger partial charge is 0.330 e. The van der Waals surface area contributed by atoms with Crippen LogP contribution in [0.4, 0.5) is 5.69 Å². The third-order valence-electron chi connectivity index (χ3n) is 2.93. The van der Waals surface area contributed by atoms with Crippen molar-refractivity contribution >= 4 is 17.7 Å². The summed E-state index contributed by atoms with van der Waals surface area (Å²) in [5.41, 5.74) is 0.563. The first-order valence-corrected chi connectivity index (χ1v) is 6.36. The molecule has 1 aromatic rings. The first-order chi connectivity index (χ1) is 9.65. The highest BCUT2D eigenvalue weighted by Gasteiger charge is 2.16. The molecule has 1 aliphatic heterocycles. The largest absolute Gasteiger partial charge is 0.460 e. The highest BCUT2D eigenvalue weighted by Crippen LogP contribution is 2.14. The van der Waals surface area contributed by atoms with E-state index in [0.29, 0.717) is 12.2 Å². The lowest BCUT2D eigenvalue weighted by molar-refractivity contribution is -0.384. The standard InChI is InChI=1S/C14H15NO5/c16-14(20-10-13-5-2-8-19-13)7-6-11-3-1-4-12(9-11)15(17)18/h1,3-4,6-7,9,13H,2,5,8,10H2. The minimum atomic E-state index is -0.480. The maximum absolute atomic E-state index is 11.5. The van der Waals surface area contributed by atoms with Gasteiger partial charge < -0.3 is 9.47 Å². The van der Waals surface area contributed by atoms with Gasteiger partial charge in [0.15, 0.2) is 0 Å². The van der Waals surface area contributed by atoms with E-state index in [4.69, 9.17) is 9.47 Å². The molecule has 0 aromatic heterocycles. The van der Waals surface area contributed by atoms with Crippen molar-refractivity contribution in [2.45, 2.75) is 18.9 Å². The molecule has 0 saturated carbocycles. The Morgan fingerprint density at radius 1 is 1.55 bits per heavy atom. The van der Waals surface area contributed by atoms with Gasteiger partial charge in [0.05, 0.1) is 11.0 Å². The summed E-state index contributed by atoms with van der Waals surface area (Å²) in [6.07, 6.45) is 4.64. The highest BCUT2D eigenvalue weighted by atomic mass is 16.6. The number of hydrogen-bond donors (Lipinski definition) is 0. The van der Waals surface area contributed by atoms with E-state index >= 15 is 0 Å². The number of carbonyl (C=O) groups excluding carboxylic acids is 1. The van der Waals surface area contributed by atoms with E-state index in [1.165, 1.54) is 24.3 Å². The molecule has 0 amide bonds. The Balaban J connectivity index is 1.86. The fourth-order valence-electron chi connectivity index (χ4n) is 1.91. The van der Waals surface area contributed by atoms with Crippen molar-refractivity contribution in [1.29, 1.82) is 0 Å². The molecule has 6 nitrogen and oxygen atoms in total. The van der Waals surface area contributed by atoms with E-state index < -0.39 is 10.9 Å². The lowest BCUT2D eigenvalue weighted by Crippen LogP contribution is -2.16. The van der Waals surface area contributed by atoms with E-state index in [1.807, 2.05) is 0 Å². The molecule has 0 radical (unpaired) electrons. The Morgan fingerprint density at radius 3 is 3.10 bits per heavy atom. The summed E-state index contributed by atoms with van der Waals surface area (Å²) in [5.74, 6) is -0.480. The van der Waals surface area contributed by atoms with Crippen molar-refractivity contribution in [2.75, 3.05) is 13.2 Å². The van der Waals surface area contributed by atoms with Gasteiger partial charge in [-0.25, -0.2) is 4.79 Å². The summed E-state index contributed by atoms with van der Waals surface area (Å²) in [6.45, 7) is 0.962. The van der Waals surface area contributed by atoms with Crippen LogP contribution in [0.15, 0.2) is 30.3 Å². The van der Waals surface area contributed by atoms with Gasteiger partial charge in [0.2, 0.25) is 0 Å². The predicted molar refractivity (Wildman–Crippen MR) is 72.1 cm³/mol. The molecule has 1 fully saturated rings. The topological polar surface area (TPSA) is 78.7 Å². The summed E-state index contributed by atoms with van der Waals surface area (Å²) < 4.78 is 10.4. The van der Waals surface area contributed by atoms with Crippen LogP contribution in [0.25, 0.3) is 6.08 Å². The van der Waals surface area contributed by atoms with Gasteiger partial charge in [-0.3, -0.25) is 10.1 Å². The zero-order valence-electron chi connectivity index (χ0n) is 10.9. The summed E-state index contributed by atoms with van der Waals surface area (Å²) in [7, 11) is 0. The molecule has 0 spiro atoms. The van der Waals surface area contributed by atoms with E-state index in [9.17, 15) is 14.9 Å². The molecular weight excluding hydrogens is 262 g/mol. The van der Waals surface area contributed by atoms with E-state index in [0.717, 1.165) is 12.8 Å². The maximum Gasteiger partial charge on any atom is 0.330 e. The Kier molecular flexibility index (Phi) is 4.84. The average Bonchev–Trinajstić information content (AvgIpc) is 2.96. The molecule has 6 heteroatoms. The number of hydrogen-bond acceptors (Lipinski definition) is 5. The van der Waals surface area contributed by atoms with Gasteiger partial charge >= 0.3 is 5.97 Å². The zero-order chi connectivity index (χ0) is 14.4. The quantitative estimate of drug-likeness (QED) is 0.357. The van der Waals surface area contributed by atoms with Crippen LogP contribution in [0.2, 0.25) is 0 Å². The molecule has 20 heavy (non-hydrogen) atoms. The molecule has 0 N–H and O–H groups in total. The van der Waals surface area contributed by atoms with Crippen molar-refractivity contribution in [2.24, 2.45) is 0 Å². The Labute approximate surface area is 116 Å². The molecule has 1 aromatic carbocycles. The van der Waals surface area contributed by atoms with E-state index in [1.54, 1.807) is 12.1 Å². The molecule has 1 aliphatic rings. The predicted octanol–water partition coefficient (Wildman–Crippen LogP) is 2.33. The van der Waals surface area contributed by atoms with Crippen molar-refractivity contribution in [1.82, 2.24) is 0 Å². The molecule has 0 bridgehead atoms.